The maximum Gasteiger partial charge on any atom is 0.242 e. The van der Waals surface area contributed by atoms with Gasteiger partial charge in [-0.2, -0.15) is 0 Å². The molecular formula is C15H21ClN2O2. The van der Waals surface area contributed by atoms with Gasteiger partial charge in [-0.05, 0) is 42.5 Å². The van der Waals surface area contributed by atoms with Crippen LogP contribution in [0.2, 0.25) is 0 Å². The fraction of sp³-hybridized carbons (Fsp3) is 0.533. The summed E-state index contributed by atoms with van der Waals surface area (Å²) in [5.74, 6) is 0.343. The Morgan fingerprint density at radius 3 is 2.65 bits per heavy atom. The topological polar surface area (TPSA) is 66.6 Å². The summed E-state index contributed by atoms with van der Waals surface area (Å²) in [6.45, 7) is 1.30. The molecule has 1 aromatic carbocycles. The van der Waals surface area contributed by atoms with Crippen LogP contribution in [0.5, 0.6) is 5.75 Å². The highest BCUT2D eigenvalue weighted by molar-refractivity contribution is 5.86. The monoisotopic (exact) mass is 296 g/mol. The third kappa shape index (κ3) is 2.63. The van der Waals surface area contributed by atoms with Gasteiger partial charge in [0, 0.05) is 13.1 Å². The zero-order valence-electron chi connectivity index (χ0n) is 11.5. The number of amides is 1. The molecule has 0 radical (unpaired) electrons. The highest BCUT2D eigenvalue weighted by Gasteiger charge is 2.40. The minimum Gasteiger partial charge on any atom is -0.508 e. The molecule has 1 saturated carbocycles. The number of phenolic OH excluding ortho intramolecular Hbond substituents is 1. The second-order valence-electron chi connectivity index (χ2n) is 5.79. The predicted molar refractivity (Wildman–Crippen MR) is 79.9 cm³/mol. The number of halogens is 1. The summed E-state index contributed by atoms with van der Waals surface area (Å²) < 4.78 is 0. The molecule has 1 aliphatic carbocycles. The van der Waals surface area contributed by atoms with Crippen molar-refractivity contribution in [3.8, 4) is 5.75 Å². The Labute approximate surface area is 125 Å². The van der Waals surface area contributed by atoms with Crippen molar-refractivity contribution >= 4 is 18.3 Å². The number of hydrogen-bond donors (Lipinski definition) is 2. The molecule has 3 rings (SSSR count). The molecule has 1 aliphatic heterocycles. The Hall–Kier alpha value is -1.26. The molecule has 0 spiro atoms. The first-order chi connectivity index (χ1) is 9.08. The van der Waals surface area contributed by atoms with Gasteiger partial charge in [0.15, 0.2) is 0 Å². The van der Waals surface area contributed by atoms with Gasteiger partial charge in [-0.3, -0.25) is 4.79 Å². The average Bonchev–Trinajstić information content (AvgIpc) is 2.85. The Bertz CT molecular complexity index is 513. The van der Waals surface area contributed by atoms with Crippen molar-refractivity contribution in [3.63, 3.8) is 0 Å². The van der Waals surface area contributed by atoms with Gasteiger partial charge in [0.05, 0.1) is 5.54 Å². The van der Waals surface area contributed by atoms with Crippen molar-refractivity contribution in [1.82, 2.24) is 4.90 Å². The first-order valence-electron chi connectivity index (χ1n) is 6.97. The summed E-state index contributed by atoms with van der Waals surface area (Å²) in [6.07, 6.45) is 4.54. The molecule has 0 atom stereocenters. The fourth-order valence-electron chi connectivity index (χ4n) is 3.25. The van der Waals surface area contributed by atoms with Crippen LogP contribution in [-0.4, -0.2) is 28.0 Å². The van der Waals surface area contributed by atoms with Crippen molar-refractivity contribution in [3.05, 3.63) is 29.3 Å². The zero-order chi connectivity index (χ0) is 13.5. The van der Waals surface area contributed by atoms with E-state index in [0.29, 0.717) is 6.54 Å². The molecule has 1 amide bonds. The maximum atomic E-state index is 12.6. The fourth-order valence-corrected chi connectivity index (χ4v) is 3.25. The quantitative estimate of drug-likeness (QED) is 0.832. The van der Waals surface area contributed by atoms with Gasteiger partial charge in [-0.15, -0.1) is 12.4 Å². The lowest BCUT2D eigenvalue weighted by Gasteiger charge is -2.35. The number of carbonyl (C=O) groups is 1. The Kier molecular flexibility index (Phi) is 4.25. The van der Waals surface area contributed by atoms with Gasteiger partial charge in [-0.25, -0.2) is 0 Å². The number of fused-ring (bicyclic) bond motifs is 1. The largest absolute Gasteiger partial charge is 0.508 e. The van der Waals surface area contributed by atoms with Crippen LogP contribution in [0.15, 0.2) is 18.2 Å². The maximum absolute atomic E-state index is 12.6. The molecule has 1 heterocycles. The first kappa shape index (κ1) is 15.1. The minimum absolute atomic E-state index is 0. The second-order valence-corrected chi connectivity index (χ2v) is 5.79. The molecule has 0 aromatic heterocycles. The Morgan fingerprint density at radius 1 is 1.25 bits per heavy atom. The van der Waals surface area contributed by atoms with Crippen molar-refractivity contribution in [1.29, 1.82) is 0 Å². The van der Waals surface area contributed by atoms with E-state index in [-0.39, 0.29) is 24.1 Å². The van der Waals surface area contributed by atoms with Gasteiger partial charge < -0.3 is 15.7 Å². The van der Waals surface area contributed by atoms with Gasteiger partial charge in [0.2, 0.25) is 5.91 Å². The number of carbonyl (C=O) groups excluding carboxylic acids is 1. The van der Waals surface area contributed by atoms with E-state index in [9.17, 15) is 9.90 Å². The first-order valence-corrected chi connectivity index (χ1v) is 6.97. The van der Waals surface area contributed by atoms with Crippen LogP contribution in [-0.2, 0) is 17.8 Å². The highest BCUT2D eigenvalue weighted by Crippen LogP contribution is 2.31. The number of benzene rings is 1. The summed E-state index contributed by atoms with van der Waals surface area (Å²) in [4.78, 5) is 14.4. The Balaban J connectivity index is 0.00000147. The van der Waals surface area contributed by atoms with Gasteiger partial charge in [0.1, 0.15) is 5.75 Å². The van der Waals surface area contributed by atoms with Gasteiger partial charge >= 0.3 is 0 Å². The molecule has 4 nitrogen and oxygen atoms in total. The standard InChI is InChI=1S/C15H20N2O2.ClH/c16-15(6-1-2-7-15)14(19)17-8-5-11-3-4-13(18)9-12(11)10-17;/h3-4,9,18H,1-2,5-8,10,16H2;1H. The van der Waals surface area contributed by atoms with E-state index in [1.54, 1.807) is 12.1 Å². The number of nitrogens with zero attached hydrogens (tertiary/aromatic N) is 1. The van der Waals surface area contributed by atoms with Crippen molar-refractivity contribution in [2.75, 3.05) is 6.54 Å². The van der Waals surface area contributed by atoms with E-state index in [2.05, 4.69) is 0 Å². The normalized spacial score (nSPS) is 20.1. The van der Waals surface area contributed by atoms with Crippen LogP contribution in [0.4, 0.5) is 0 Å². The lowest BCUT2D eigenvalue weighted by molar-refractivity contribution is -0.137. The van der Waals surface area contributed by atoms with Crippen LogP contribution in [0.1, 0.15) is 36.8 Å². The van der Waals surface area contributed by atoms with Gasteiger partial charge in [-0.1, -0.05) is 18.9 Å². The number of phenols is 1. The third-order valence-corrected chi connectivity index (χ3v) is 4.41. The minimum atomic E-state index is -0.645. The van der Waals surface area contributed by atoms with E-state index < -0.39 is 5.54 Å². The molecule has 0 unspecified atom stereocenters. The summed E-state index contributed by atoms with van der Waals surface area (Å²) in [7, 11) is 0. The van der Waals surface area contributed by atoms with Crippen LogP contribution < -0.4 is 5.73 Å². The van der Waals surface area contributed by atoms with Crippen LogP contribution in [0.3, 0.4) is 0 Å². The molecule has 3 N–H and O–H groups in total. The number of nitrogens with two attached hydrogens (primary N) is 1. The number of aromatic hydroxyl groups is 1. The second kappa shape index (κ2) is 5.62. The van der Waals surface area contributed by atoms with Crippen LogP contribution in [0, 0.1) is 0 Å². The summed E-state index contributed by atoms with van der Waals surface area (Å²) in [5, 5.41) is 9.55. The lowest BCUT2D eigenvalue weighted by Crippen LogP contribution is -2.54. The molecule has 1 fully saturated rings. The van der Waals surface area contributed by atoms with Crippen molar-refractivity contribution in [2.24, 2.45) is 5.73 Å². The molecule has 0 saturated heterocycles. The number of rotatable bonds is 1. The van der Waals surface area contributed by atoms with E-state index in [1.165, 1.54) is 5.56 Å². The molecule has 110 valence electrons. The lowest BCUT2D eigenvalue weighted by atomic mass is 9.93. The average molecular weight is 297 g/mol. The molecule has 1 aromatic rings. The van der Waals surface area contributed by atoms with E-state index in [4.69, 9.17) is 5.73 Å². The van der Waals surface area contributed by atoms with E-state index >= 15 is 0 Å². The summed E-state index contributed by atoms with van der Waals surface area (Å²) >= 11 is 0. The molecule has 0 bridgehead atoms. The van der Waals surface area contributed by atoms with Crippen LogP contribution in [0.25, 0.3) is 0 Å². The van der Waals surface area contributed by atoms with Gasteiger partial charge in [0.25, 0.3) is 0 Å². The zero-order valence-corrected chi connectivity index (χ0v) is 12.3. The third-order valence-electron chi connectivity index (χ3n) is 4.41. The molecule has 2 aliphatic rings. The van der Waals surface area contributed by atoms with Crippen molar-refractivity contribution < 1.29 is 9.90 Å². The highest BCUT2D eigenvalue weighted by atomic mass is 35.5. The summed E-state index contributed by atoms with van der Waals surface area (Å²) in [6, 6.07) is 5.41. The smallest absolute Gasteiger partial charge is 0.242 e. The molecule has 5 heteroatoms. The van der Waals surface area contributed by atoms with Crippen molar-refractivity contribution in [2.45, 2.75) is 44.2 Å². The summed E-state index contributed by atoms with van der Waals surface area (Å²) in [5.41, 5.74) is 7.86. The van der Waals surface area contributed by atoms with E-state index in [1.807, 2.05) is 11.0 Å². The predicted octanol–water partition coefficient (Wildman–Crippen LogP) is 1.97. The molecule has 20 heavy (non-hydrogen) atoms. The number of hydrogen-bond acceptors (Lipinski definition) is 3. The SMILES string of the molecule is Cl.NC1(C(=O)N2CCc3ccc(O)cc3C2)CCCC1. The van der Waals surface area contributed by atoms with E-state index in [0.717, 1.165) is 44.2 Å². The molecular weight excluding hydrogens is 276 g/mol. The Morgan fingerprint density at radius 2 is 1.95 bits per heavy atom. The van der Waals surface area contributed by atoms with Crippen LogP contribution >= 0.6 is 12.4 Å².